The van der Waals surface area contributed by atoms with E-state index in [0.717, 1.165) is 34.7 Å². The molecule has 0 bridgehead atoms. The average Bonchev–Trinajstić information content (AvgIpc) is 3.29. The summed E-state index contributed by atoms with van der Waals surface area (Å²) < 4.78 is 0. The number of fused-ring (bicyclic) bond motifs is 2. The summed E-state index contributed by atoms with van der Waals surface area (Å²) in [4.78, 5) is 16.7. The molecule has 0 aromatic heterocycles. The number of aryl methyl sites for hydroxylation is 1. The molecule has 32 heavy (non-hydrogen) atoms. The van der Waals surface area contributed by atoms with Gasteiger partial charge in [0.15, 0.2) is 4.87 Å². The van der Waals surface area contributed by atoms with Crippen molar-refractivity contribution in [1.29, 1.82) is 0 Å². The molecule has 2 atom stereocenters. The van der Waals surface area contributed by atoms with E-state index in [1.165, 1.54) is 16.7 Å². The highest BCUT2D eigenvalue weighted by Gasteiger charge is 2.62. The Morgan fingerprint density at radius 3 is 2.38 bits per heavy atom. The molecule has 162 valence electrons. The lowest BCUT2D eigenvalue weighted by Crippen LogP contribution is -2.56. The third-order valence-electron chi connectivity index (χ3n) is 7.54. The van der Waals surface area contributed by atoms with Gasteiger partial charge in [0.05, 0.1) is 5.69 Å². The molecule has 0 fully saturated rings. The van der Waals surface area contributed by atoms with Crippen molar-refractivity contribution in [2.45, 2.75) is 61.3 Å². The number of rotatable bonds is 2. The first-order chi connectivity index (χ1) is 15.3. The highest BCUT2D eigenvalue weighted by atomic mass is 32.2. The summed E-state index contributed by atoms with van der Waals surface area (Å²) in [7, 11) is 0. The molecule has 0 saturated heterocycles. The number of nitrogens with zero attached hydrogens (tertiary/aromatic N) is 1. The Balaban J connectivity index is 1.66. The standard InChI is InChI=1S/C28H28N2OS/c1-5-18-15-20-24-21(16-18)28(29-22-13-9-10-14-23(22)32-28)25(31)30(24)26(2,3)17-27(20,4)19-11-7-6-8-12-19/h6-16,29H,5,17H2,1-4H3. The van der Waals surface area contributed by atoms with Gasteiger partial charge in [-0.25, -0.2) is 0 Å². The van der Waals surface area contributed by atoms with Gasteiger partial charge in [0.2, 0.25) is 0 Å². The number of anilines is 2. The summed E-state index contributed by atoms with van der Waals surface area (Å²) in [5.74, 6) is 0.156. The largest absolute Gasteiger partial charge is 0.358 e. The van der Waals surface area contributed by atoms with Crippen molar-refractivity contribution < 1.29 is 4.79 Å². The Kier molecular flexibility index (Phi) is 3.99. The number of amides is 1. The zero-order chi connectivity index (χ0) is 22.3. The van der Waals surface area contributed by atoms with Gasteiger partial charge in [-0.15, -0.1) is 0 Å². The minimum Gasteiger partial charge on any atom is -0.358 e. The van der Waals surface area contributed by atoms with Gasteiger partial charge in [0, 0.05) is 27.1 Å². The van der Waals surface area contributed by atoms with Crippen molar-refractivity contribution in [3.63, 3.8) is 0 Å². The van der Waals surface area contributed by atoms with Crippen LogP contribution in [0.5, 0.6) is 0 Å². The van der Waals surface area contributed by atoms with E-state index < -0.39 is 4.87 Å². The molecule has 1 N–H and O–H groups in total. The first-order valence-corrected chi connectivity index (χ1v) is 12.3. The van der Waals surface area contributed by atoms with E-state index in [-0.39, 0.29) is 16.9 Å². The Hall–Kier alpha value is -2.72. The van der Waals surface area contributed by atoms with Gasteiger partial charge in [-0.1, -0.05) is 74.1 Å². The predicted octanol–water partition coefficient (Wildman–Crippen LogP) is 6.45. The first kappa shape index (κ1) is 19.9. The van der Waals surface area contributed by atoms with Crippen molar-refractivity contribution in [2.75, 3.05) is 10.2 Å². The summed E-state index contributed by atoms with van der Waals surface area (Å²) in [6, 6.07) is 23.7. The number of benzene rings is 3. The quantitative estimate of drug-likeness (QED) is 0.497. The average molecular weight is 441 g/mol. The molecule has 3 aliphatic heterocycles. The molecule has 0 saturated carbocycles. The lowest BCUT2D eigenvalue weighted by Gasteiger charge is -2.50. The number of nitrogens with one attached hydrogen (secondary N) is 1. The zero-order valence-corrected chi connectivity index (χ0v) is 19.8. The van der Waals surface area contributed by atoms with Gasteiger partial charge in [0.1, 0.15) is 0 Å². The maximum Gasteiger partial charge on any atom is 0.268 e. The van der Waals surface area contributed by atoms with Gasteiger partial charge in [-0.3, -0.25) is 4.79 Å². The maximum atomic E-state index is 14.3. The Labute approximate surface area is 194 Å². The van der Waals surface area contributed by atoms with Crippen LogP contribution in [0.1, 0.15) is 56.4 Å². The summed E-state index contributed by atoms with van der Waals surface area (Å²) in [6.45, 7) is 9.00. The second kappa shape index (κ2) is 6.41. The van der Waals surface area contributed by atoms with Crippen LogP contribution < -0.4 is 10.2 Å². The van der Waals surface area contributed by atoms with E-state index in [2.05, 4.69) is 92.5 Å². The molecule has 4 heteroatoms. The van der Waals surface area contributed by atoms with Gasteiger partial charge < -0.3 is 10.2 Å². The van der Waals surface area contributed by atoms with Gasteiger partial charge in [-0.2, -0.15) is 0 Å². The molecule has 3 aromatic carbocycles. The molecule has 2 unspecified atom stereocenters. The number of carbonyl (C=O) groups is 1. The van der Waals surface area contributed by atoms with Gasteiger partial charge in [-0.05, 0) is 61.6 Å². The topological polar surface area (TPSA) is 32.3 Å². The second-order valence-corrected chi connectivity index (χ2v) is 11.4. The summed E-state index contributed by atoms with van der Waals surface area (Å²) in [6.07, 6.45) is 1.82. The van der Waals surface area contributed by atoms with Crippen LogP contribution in [-0.4, -0.2) is 11.4 Å². The molecule has 3 heterocycles. The molecule has 6 rings (SSSR count). The minimum atomic E-state index is -0.793. The third kappa shape index (κ3) is 2.42. The summed E-state index contributed by atoms with van der Waals surface area (Å²) in [5, 5.41) is 3.66. The molecule has 1 amide bonds. The van der Waals surface area contributed by atoms with Crippen LogP contribution in [0.2, 0.25) is 0 Å². The van der Waals surface area contributed by atoms with Crippen LogP contribution in [0.4, 0.5) is 11.4 Å². The number of hydrogen-bond acceptors (Lipinski definition) is 3. The van der Waals surface area contributed by atoms with E-state index in [0.29, 0.717) is 0 Å². The van der Waals surface area contributed by atoms with E-state index in [4.69, 9.17) is 0 Å². The van der Waals surface area contributed by atoms with Crippen LogP contribution in [0.3, 0.4) is 0 Å². The van der Waals surface area contributed by atoms with Crippen molar-refractivity contribution in [3.8, 4) is 0 Å². The highest BCUT2D eigenvalue weighted by Crippen LogP contribution is 2.63. The van der Waals surface area contributed by atoms with Crippen molar-refractivity contribution in [2.24, 2.45) is 0 Å². The molecule has 0 radical (unpaired) electrons. The highest BCUT2D eigenvalue weighted by molar-refractivity contribution is 8.01. The number of hydrogen-bond donors (Lipinski definition) is 1. The Bertz CT molecular complexity index is 1240. The SMILES string of the molecule is CCc1cc2c3c(c1)C(C)(c1ccccc1)CC(C)(C)N3C(=O)C21Nc2ccccc2S1. The maximum absolute atomic E-state index is 14.3. The van der Waals surface area contributed by atoms with E-state index in [1.54, 1.807) is 11.8 Å². The first-order valence-electron chi connectivity index (χ1n) is 11.4. The lowest BCUT2D eigenvalue weighted by molar-refractivity contribution is -0.120. The Morgan fingerprint density at radius 2 is 1.66 bits per heavy atom. The predicted molar refractivity (Wildman–Crippen MR) is 132 cm³/mol. The van der Waals surface area contributed by atoms with Crippen LogP contribution in [-0.2, 0) is 21.5 Å². The van der Waals surface area contributed by atoms with Gasteiger partial charge >= 0.3 is 0 Å². The van der Waals surface area contributed by atoms with Crippen LogP contribution >= 0.6 is 11.8 Å². The fraction of sp³-hybridized carbons (Fsp3) is 0.321. The molecular formula is C28H28N2OS. The molecular weight excluding hydrogens is 412 g/mol. The second-order valence-electron chi connectivity index (χ2n) is 10.1. The monoisotopic (exact) mass is 440 g/mol. The van der Waals surface area contributed by atoms with E-state index in [1.807, 2.05) is 12.1 Å². The van der Waals surface area contributed by atoms with Crippen LogP contribution in [0.25, 0.3) is 0 Å². The zero-order valence-electron chi connectivity index (χ0n) is 19.0. The summed E-state index contributed by atoms with van der Waals surface area (Å²) in [5.41, 5.74) is 6.68. The number of para-hydroxylation sites is 1. The van der Waals surface area contributed by atoms with Crippen molar-refractivity contribution in [1.82, 2.24) is 0 Å². The minimum absolute atomic E-state index is 0.156. The smallest absolute Gasteiger partial charge is 0.268 e. The van der Waals surface area contributed by atoms with Gasteiger partial charge in [0.25, 0.3) is 5.91 Å². The summed E-state index contributed by atoms with van der Waals surface area (Å²) >= 11 is 1.67. The van der Waals surface area contributed by atoms with Crippen molar-refractivity contribution in [3.05, 3.63) is 89.0 Å². The number of carbonyl (C=O) groups excluding carboxylic acids is 1. The fourth-order valence-electron chi connectivity index (χ4n) is 6.14. The molecule has 3 aliphatic rings. The van der Waals surface area contributed by atoms with E-state index >= 15 is 0 Å². The van der Waals surface area contributed by atoms with Crippen LogP contribution in [0.15, 0.2) is 71.6 Å². The van der Waals surface area contributed by atoms with Crippen molar-refractivity contribution >= 4 is 29.0 Å². The van der Waals surface area contributed by atoms with E-state index in [9.17, 15) is 4.79 Å². The normalized spacial score (nSPS) is 26.8. The molecule has 3 nitrogen and oxygen atoms in total. The lowest BCUT2D eigenvalue weighted by atomic mass is 9.65. The third-order valence-corrected chi connectivity index (χ3v) is 8.92. The molecule has 0 aliphatic carbocycles. The molecule has 1 spiro atoms. The molecule has 3 aromatic rings. The number of thioether (sulfide) groups is 1. The van der Waals surface area contributed by atoms with Crippen LogP contribution in [0, 0.1) is 0 Å². The Morgan fingerprint density at radius 1 is 0.969 bits per heavy atom. The fourth-order valence-corrected chi connectivity index (χ4v) is 7.45.